The Morgan fingerprint density at radius 3 is 2.30 bits per heavy atom. The maximum atomic E-state index is 12.5. The zero-order valence-corrected chi connectivity index (χ0v) is 17.7. The second-order valence-electron chi connectivity index (χ2n) is 7.40. The molecule has 0 fully saturated rings. The van der Waals surface area contributed by atoms with Crippen LogP contribution in [0.2, 0.25) is 0 Å². The summed E-state index contributed by atoms with van der Waals surface area (Å²) < 4.78 is 0. The van der Waals surface area contributed by atoms with E-state index in [0.717, 1.165) is 36.0 Å². The van der Waals surface area contributed by atoms with Crippen LogP contribution in [-0.4, -0.2) is 38.0 Å². The minimum Gasteiger partial charge on any atom is -0.346 e. The lowest BCUT2D eigenvalue weighted by atomic mass is 10.0. The predicted octanol–water partition coefficient (Wildman–Crippen LogP) is 2.68. The van der Waals surface area contributed by atoms with Gasteiger partial charge in [0, 0.05) is 11.3 Å². The van der Waals surface area contributed by atoms with Crippen LogP contribution < -0.4 is 15.5 Å². The summed E-state index contributed by atoms with van der Waals surface area (Å²) in [5.74, 6) is -0.166. The maximum absolute atomic E-state index is 12.5. The molecule has 156 valence electrons. The predicted molar refractivity (Wildman–Crippen MR) is 122 cm³/mol. The van der Waals surface area contributed by atoms with Crippen LogP contribution >= 0.6 is 0 Å². The van der Waals surface area contributed by atoms with E-state index in [-0.39, 0.29) is 11.8 Å². The van der Waals surface area contributed by atoms with Crippen molar-refractivity contribution in [3.63, 3.8) is 0 Å². The number of carbonyl (C=O) groups excluding carboxylic acids is 2. The van der Waals surface area contributed by atoms with Gasteiger partial charge in [-0.05, 0) is 54.4 Å². The lowest BCUT2D eigenvalue weighted by Crippen LogP contribution is -3.12. The highest BCUT2D eigenvalue weighted by Gasteiger charge is 2.10. The van der Waals surface area contributed by atoms with Crippen molar-refractivity contribution < 1.29 is 14.5 Å². The van der Waals surface area contributed by atoms with Gasteiger partial charge in [0.2, 0.25) is 5.91 Å². The fourth-order valence-electron chi connectivity index (χ4n) is 3.59. The van der Waals surface area contributed by atoms with Crippen LogP contribution in [0, 0.1) is 0 Å². The van der Waals surface area contributed by atoms with Crippen molar-refractivity contribution in [3.8, 4) is 0 Å². The molecular weight excluding hydrogens is 374 g/mol. The summed E-state index contributed by atoms with van der Waals surface area (Å²) in [7, 11) is 0. The van der Waals surface area contributed by atoms with E-state index in [4.69, 9.17) is 0 Å². The first kappa shape index (κ1) is 21.5. The van der Waals surface area contributed by atoms with Gasteiger partial charge in [-0.3, -0.25) is 9.59 Å². The fraction of sp³-hybridized carbons (Fsp3) is 0.280. The van der Waals surface area contributed by atoms with Crippen LogP contribution in [0.5, 0.6) is 0 Å². The number of carbonyl (C=O) groups is 2. The summed E-state index contributed by atoms with van der Waals surface area (Å²) in [6, 6.07) is 21.1. The number of benzene rings is 3. The fourth-order valence-corrected chi connectivity index (χ4v) is 3.59. The first-order chi connectivity index (χ1) is 14.6. The van der Waals surface area contributed by atoms with Gasteiger partial charge in [0.25, 0.3) is 5.91 Å². The van der Waals surface area contributed by atoms with Gasteiger partial charge in [0.05, 0.1) is 32.6 Å². The normalized spacial score (nSPS) is 10.9. The van der Waals surface area contributed by atoms with Gasteiger partial charge in [-0.1, -0.05) is 42.5 Å². The smallest absolute Gasteiger partial charge is 0.251 e. The van der Waals surface area contributed by atoms with Gasteiger partial charge in [0.1, 0.15) is 0 Å². The molecule has 0 bridgehead atoms. The van der Waals surface area contributed by atoms with Crippen LogP contribution in [0.1, 0.15) is 29.8 Å². The Hall–Kier alpha value is -3.18. The quantitative estimate of drug-likeness (QED) is 0.514. The Bertz CT molecular complexity index is 989. The lowest BCUT2D eigenvalue weighted by molar-refractivity contribution is -0.895. The van der Waals surface area contributed by atoms with Gasteiger partial charge < -0.3 is 15.5 Å². The molecule has 0 aliphatic carbocycles. The van der Waals surface area contributed by atoms with E-state index in [9.17, 15) is 9.59 Å². The molecule has 0 saturated carbocycles. The zero-order chi connectivity index (χ0) is 21.3. The number of likely N-dealkylation sites (N-methyl/N-ethyl adjacent to an activating group) is 1. The second kappa shape index (κ2) is 10.6. The van der Waals surface area contributed by atoms with E-state index in [0.29, 0.717) is 24.2 Å². The Morgan fingerprint density at radius 2 is 1.57 bits per heavy atom. The van der Waals surface area contributed by atoms with Crippen molar-refractivity contribution in [1.29, 1.82) is 0 Å². The average Bonchev–Trinajstić information content (AvgIpc) is 2.77. The minimum absolute atomic E-state index is 0.0780. The van der Waals surface area contributed by atoms with Crippen LogP contribution in [0.3, 0.4) is 0 Å². The van der Waals surface area contributed by atoms with E-state index in [1.807, 2.05) is 42.5 Å². The molecule has 3 N–H and O–H groups in total. The number of nitrogens with one attached hydrogen (secondary N) is 3. The van der Waals surface area contributed by atoms with Gasteiger partial charge in [-0.25, -0.2) is 0 Å². The van der Waals surface area contributed by atoms with Crippen LogP contribution in [0.4, 0.5) is 5.69 Å². The molecule has 0 aliphatic heterocycles. The Morgan fingerprint density at radius 1 is 0.867 bits per heavy atom. The zero-order valence-electron chi connectivity index (χ0n) is 17.7. The number of rotatable bonds is 9. The molecule has 5 heteroatoms. The number of fused-ring (bicyclic) bond motifs is 1. The molecule has 30 heavy (non-hydrogen) atoms. The Kier molecular flexibility index (Phi) is 7.57. The highest BCUT2D eigenvalue weighted by Crippen LogP contribution is 2.19. The lowest BCUT2D eigenvalue weighted by Gasteiger charge is -2.15. The van der Waals surface area contributed by atoms with E-state index in [1.54, 1.807) is 24.3 Å². The van der Waals surface area contributed by atoms with Crippen molar-refractivity contribution in [2.75, 3.05) is 31.5 Å². The molecule has 3 aromatic rings. The third kappa shape index (κ3) is 5.67. The summed E-state index contributed by atoms with van der Waals surface area (Å²) >= 11 is 0. The maximum Gasteiger partial charge on any atom is 0.251 e. The first-order valence-electron chi connectivity index (χ1n) is 10.6. The number of anilines is 1. The molecular formula is C25H30N3O2+. The molecule has 0 heterocycles. The molecule has 0 aliphatic rings. The molecule has 0 aromatic heterocycles. The summed E-state index contributed by atoms with van der Waals surface area (Å²) in [5, 5.41) is 8.10. The van der Waals surface area contributed by atoms with E-state index in [2.05, 4.69) is 24.5 Å². The van der Waals surface area contributed by atoms with E-state index < -0.39 is 0 Å². The SMILES string of the molecule is CC[NH+](CC)CCNC(=O)c1ccc(NC(=O)Cc2cccc3ccccc23)cc1. The molecule has 3 rings (SSSR count). The number of amides is 2. The molecule has 5 nitrogen and oxygen atoms in total. The first-order valence-corrected chi connectivity index (χ1v) is 10.6. The molecule has 2 amide bonds. The van der Waals surface area contributed by atoms with E-state index in [1.165, 1.54) is 4.90 Å². The molecule has 0 atom stereocenters. The topological polar surface area (TPSA) is 62.6 Å². The van der Waals surface area contributed by atoms with Crippen molar-refractivity contribution in [1.82, 2.24) is 5.32 Å². The largest absolute Gasteiger partial charge is 0.346 e. The molecule has 0 radical (unpaired) electrons. The monoisotopic (exact) mass is 404 g/mol. The molecule has 0 saturated heterocycles. The average molecular weight is 405 g/mol. The van der Waals surface area contributed by atoms with Crippen molar-refractivity contribution in [2.24, 2.45) is 0 Å². The molecule has 3 aromatic carbocycles. The Balaban J connectivity index is 1.55. The highest BCUT2D eigenvalue weighted by atomic mass is 16.2. The number of hydrogen-bond acceptors (Lipinski definition) is 2. The summed E-state index contributed by atoms with van der Waals surface area (Å²) in [6.45, 7) is 7.97. The van der Waals surface area contributed by atoms with Gasteiger partial charge in [0.15, 0.2) is 0 Å². The molecule has 0 unspecified atom stereocenters. The van der Waals surface area contributed by atoms with Crippen molar-refractivity contribution >= 4 is 28.3 Å². The highest BCUT2D eigenvalue weighted by molar-refractivity contribution is 5.97. The summed E-state index contributed by atoms with van der Waals surface area (Å²) in [6.07, 6.45) is 0.303. The summed E-state index contributed by atoms with van der Waals surface area (Å²) in [5.41, 5.74) is 2.28. The Labute approximate surface area is 178 Å². The van der Waals surface area contributed by atoms with Gasteiger partial charge in [-0.2, -0.15) is 0 Å². The van der Waals surface area contributed by atoms with Crippen LogP contribution in [0.15, 0.2) is 66.7 Å². The summed E-state index contributed by atoms with van der Waals surface area (Å²) in [4.78, 5) is 26.3. The van der Waals surface area contributed by atoms with E-state index >= 15 is 0 Å². The number of quaternary nitrogens is 1. The third-order valence-corrected chi connectivity index (χ3v) is 5.43. The third-order valence-electron chi connectivity index (χ3n) is 5.43. The van der Waals surface area contributed by atoms with Crippen LogP contribution in [0.25, 0.3) is 10.8 Å². The van der Waals surface area contributed by atoms with Gasteiger partial charge in [-0.15, -0.1) is 0 Å². The van der Waals surface area contributed by atoms with Crippen LogP contribution in [-0.2, 0) is 11.2 Å². The minimum atomic E-state index is -0.0878. The second-order valence-corrected chi connectivity index (χ2v) is 7.40. The van der Waals surface area contributed by atoms with Crippen molar-refractivity contribution in [3.05, 3.63) is 77.9 Å². The standard InChI is InChI=1S/C25H29N3O2/c1-3-28(4-2)17-16-26-25(30)20-12-14-22(15-13-20)27-24(29)18-21-10-7-9-19-8-5-6-11-23(19)21/h5-15H,3-4,16-18H2,1-2H3,(H,26,30)(H,27,29)/p+1. The molecule has 0 spiro atoms. The van der Waals surface area contributed by atoms with Crippen molar-refractivity contribution in [2.45, 2.75) is 20.3 Å². The van der Waals surface area contributed by atoms with Gasteiger partial charge >= 0.3 is 0 Å². The number of hydrogen-bond donors (Lipinski definition) is 3.